The van der Waals surface area contributed by atoms with E-state index in [1.807, 2.05) is 0 Å². The van der Waals surface area contributed by atoms with E-state index in [0.29, 0.717) is 0 Å². The van der Waals surface area contributed by atoms with Gasteiger partial charge in [-0.3, -0.25) is 0 Å². The molecule has 138 valence electrons. The SMILES string of the molecule is CCCCCCCCCCCCCCCCCCNCCC=N. The van der Waals surface area contributed by atoms with Crippen LogP contribution in [0.1, 0.15) is 116 Å². The van der Waals surface area contributed by atoms with Gasteiger partial charge in [0, 0.05) is 6.54 Å². The second-order valence-electron chi connectivity index (χ2n) is 7.05. The van der Waals surface area contributed by atoms with Gasteiger partial charge in [0.1, 0.15) is 0 Å². The summed E-state index contributed by atoms with van der Waals surface area (Å²) in [6.45, 7) is 4.40. The first-order valence-electron chi connectivity index (χ1n) is 10.6. The second-order valence-corrected chi connectivity index (χ2v) is 7.05. The molecule has 0 rings (SSSR count). The van der Waals surface area contributed by atoms with Gasteiger partial charge >= 0.3 is 0 Å². The summed E-state index contributed by atoms with van der Waals surface area (Å²) in [4.78, 5) is 0. The van der Waals surface area contributed by atoms with Crippen LogP contribution in [0.15, 0.2) is 0 Å². The first-order chi connectivity index (χ1) is 11.4. The van der Waals surface area contributed by atoms with Crippen molar-refractivity contribution in [2.45, 2.75) is 116 Å². The standard InChI is InChI=1S/C21H44N2/c1-2-3-4-5-6-7-8-9-10-11-12-13-14-15-16-17-20-23-21-18-19-22/h19,22-23H,2-18,20-21H2,1H3. The molecule has 0 aliphatic rings. The Bertz CT molecular complexity index is 216. The molecule has 2 nitrogen and oxygen atoms in total. The minimum Gasteiger partial charge on any atom is -0.316 e. The smallest absolute Gasteiger partial charge is 0.0000489 e. The van der Waals surface area contributed by atoms with Gasteiger partial charge in [0.05, 0.1) is 0 Å². The average Bonchev–Trinajstić information content (AvgIpc) is 2.57. The molecule has 2 N–H and O–H groups in total. The quantitative estimate of drug-likeness (QED) is 0.186. The maximum atomic E-state index is 6.94. The highest BCUT2D eigenvalue weighted by molar-refractivity contribution is 5.52. The number of nitrogens with one attached hydrogen (secondary N) is 2. The van der Waals surface area contributed by atoms with E-state index in [1.54, 1.807) is 0 Å². The zero-order valence-electron chi connectivity index (χ0n) is 16.0. The number of unbranched alkanes of at least 4 members (excludes halogenated alkanes) is 15. The highest BCUT2D eigenvalue weighted by Crippen LogP contribution is 2.13. The van der Waals surface area contributed by atoms with Crippen LogP contribution in [-0.4, -0.2) is 19.3 Å². The predicted molar refractivity (Wildman–Crippen MR) is 106 cm³/mol. The first kappa shape index (κ1) is 22.6. The van der Waals surface area contributed by atoms with E-state index in [-0.39, 0.29) is 0 Å². The van der Waals surface area contributed by atoms with Crippen molar-refractivity contribution < 1.29 is 0 Å². The van der Waals surface area contributed by atoms with Gasteiger partial charge in [-0.25, -0.2) is 0 Å². The van der Waals surface area contributed by atoms with Crippen LogP contribution in [0.25, 0.3) is 0 Å². The fourth-order valence-electron chi connectivity index (χ4n) is 3.10. The van der Waals surface area contributed by atoms with Crippen LogP contribution in [0.5, 0.6) is 0 Å². The van der Waals surface area contributed by atoms with Crippen LogP contribution >= 0.6 is 0 Å². The van der Waals surface area contributed by atoms with Crippen molar-refractivity contribution >= 4 is 6.21 Å². The fraction of sp³-hybridized carbons (Fsp3) is 0.952. The zero-order valence-corrected chi connectivity index (χ0v) is 16.0. The zero-order chi connectivity index (χ0) is 16.8. The van der Waals surface area contributed by atoms with E-state index in [2.05, 4.69) is 12.2 Å². The molecule has 0 radical (unpaired) electrons. The summed E-state index contributed by atoms with van der Waals surface area (Å²) in [5.41, 5.74) is 0. The average molecular weight is 325 g/mol. The van der Waals surface area contributed by atoms with Gasteiger partial charge in [0.25, 0.3) is 0 Å². The molecule has 0 atom stereocenters. The van der Waals surface area contributed by atoms with Gasteiger partial charge in [-0.1, -0.05) is 103 Å². The van der Waals surface area contributed by atoms with Crippen molar-refractivity contribution in [1.29, 1.82) is 5.41 Å². The molecule has 0 bridgehead atoms. The van der Waals surface area contributed by atoms with Crippen LogP contribution < -0.4 is 5.32 Å². The lowest BCUT2D eigenvalue weighted by molar-refractivity contribution is 0.526. The minimum atomic E-state index is 0.874. The van der Waals surface area contributed by atoms with E-state index in [0.717, 1.165) is 19.5 Å². The normalized spacial score (nSPS) is 11.0. The van der Waals surface area contributed by atoms with Crippen LogP contribution in [-0.2, 0) is 0 Å². The lowest BCUT2D eigenvalue weighted by Gasteiger charge is -2.04. The highest BCUT2D eigenvalue weighted by atomic mass is 14.8. The molecule has 0 spiro atoms. The molecule has 0 aliphatic carbocycles. The van der Waals surface area contributed by atoms with Crippen molar-refractivity contribution in [2.24, 2.45) is 0 Å². The molecule has 0 aromatic rings. The molecular weight excluding hydrogens is 280 g/mol. The third-order valence-corrected chi connectivity index (χ3v) is 4.67. The molecule has 23 heavy (non-hydrogen) atoms. The van der Waals surface area contributed by atoms with Gasteiger partial charge in [0.2, 0.25) is 0 Å². The highest BCUT2D eigenvalue weighted by Gasteiger charge is 1.94. The fourth-order valence-corrected chi connectivity index (χ4v) is 3.10. The van der Waals surface area contributed by atoms with Gasteiger partial charge in [0.15, 0.2) is 0 Å². The minimum absolute atomic E-state index is 0.874. The predicted octanol–water partition coefficient (Wildman–Crippen LogP) is 6.88. The van der Waals surface area contributed by atoms with E-state index < -0.39 is 0 Å². The molecule has 0 saturated carbocycles. The lowest BCUT2D eigenvalue weighted by atomic mass is 10.0. The van der Waals surface area contributed by atoms with E-state index in [9.17, 15) is 0 Å². The summed E-state index contributed by atoms with van der Waals surface area (Å²) in [5.74, 6) is 0. The van der Waals surface area contributed by atoms with Crippen molar-refractivity contribution in [3.05, 3.63) is 0 Å². The molecule has 0 fully saturated rings. The summed E-state index contributed by atoms with van der Waals surface area (Å²) in [6.07, 6.45) is 25.3. The largest absolute Gasteiger partial charge is 0.316 e. The van der Waals surface area contributed by atoms with Crippen LogP contribution in [0.2, 0.25) is 0 Å². The summed E-state index contributed by atoms with van der Waals surface area (Å²) < 4.78 is 0. The monoisotopic (exact) mass is 324 g/mol. The molecular formula is C21H44N2. The van der Waals surface area contributed by atoms with Gasteiger partial charge in [-0.05, 0) is 25.6 Å². The Morgan fingerprint density at radius 2 is 0.957 bits per heavy atom. The summed E-state index contributed by atoms with van der Waals surface area (Å²) in [5, 5.41) is 10.3. The second kappa shape index (κ2) is 21.6. The molecule has 2 heteroatoms. The molecule has 0 aromatic heterocycles. The summed E-state index contributed by atoms with van der Waals surface area (Å²) >= 11 is 0. The Balaban J connectivity index is 2.93. The van der Waals surface area contributed by atoms with Crippen LogP contribution in [0, 0.1) is 5.41 Å². The first-order valence-corrected chi connectivity index (χ1v) is 10.6. The maximum Gasteiger partial charge on any atom is 0.0000489 e. The molecule has 0 heterocycles. The third-order valence-electron chi connectivity index (χ3n) is 4.67. The third kappa shape index (κ3) is 21.6. The van der Waals surface area contributed by atoms with Crippen molar-refractivity contribution in [1.82, 2.24) is 5.32 Å². The topological polar surface area (TPSA) is 35.9 Å². The summed E-state index contributed by atoms with van der Waals surface area (Å²) in [7, 11) is 0. The molecule has 0 saturated heterocycles. The van der Waals surface area contributed by atoms with Gasteiger partial charge in [-0.15, -0.1) is 0 Å². The number of rotatable bonds is 20. The van der Waals surface area contributed by atoms with Crippen molar-refractivity contribution in [3.63, 3.8) is 0 Å². The summed E-state index contributed by atoms with van der Waals surface area (Å²) in [6, 6.07) is 0. The van der Waals surface area contributed by atoms with Crippen molar-refractivity contribution in [2.75, 3.05) is 13.1 Å². The lowest BCUT2D eigenvalue weighted by Crippen LogP contribution is -2.16. The molecule has 0 aliphatic heterocycles. The molecule has 0 amide bonds. The van der Waals surface area contributed by atoms with Gasteiger partial charge < -0.3 is 10.7 Å². The Kier molecular flexibility index (Phi) is 21.3. The Morgan fingerprint density at radius 3 is 1.35 bits per heavy atom. The van der Waals surface area contributed by atoms with Crippen LogP contribution in [0.3, 0.4) is 0 Å². The number of hydrogen-bond donors (Lipinski definition) is 2. The van der Waals surface area contributed by atoms with Crippen molar-refractivity contribution in [3.8, 4) is 0 Å². The van der Waals surface area contributed by atoms with E-state index in [4.69, 9.17) is 5.41 Å². The Hall–Kier alpha value is -0.370. The van der Waals surface area contributed by atoms with E-state index in [1.165, 1.54) is 109 Å². The van der Waals surface area contributed by atoms with E-state index >= 15 is 0 Å². The van der Waals surface area contributed by atoms with Gasteiger partial charge in [-0.2, -0.15) is 0 Å². The maximum absolute atomic E-state index is 6.94. The Labute approximate surface area is 146 Å². The van der Waals surface area contributed by atoms with Crippen LogP contribution in [0.4, 0.5) is 0 Å². The molecule has 0 aromatic carbocycles. The Morgan fingerprint density at radius 1 is 0.565 bits per heavy atom. The number of hydrogen-bond acceptors (Lipinski definition) is 2. The molecule has 0 unspecified atom stereocenters.